The van der Waals surface area contributed by atoms with Gasteiger partial charge in [0.25, 0.3) is 0 Å². The molecule has 148 valence electrons. The van der Waals surface area contributed by atoms with Crippen molar-refractivity contribution >= 4 is 17.3 Å². The molecule has 3 aliphatic carbocycles. The summed E-state index contributed by atoms with van der Waals surface area (Å²) >= 11 is 0. The first-order valence-electron chi connectivity index (χ1n) is 9.02. The number of benzene rings is 1. The molecular formula is C20H22N2O6. The number of Topliss-reactive ketones (excluding diaryl/α,β-unsaturated/α-hetero) is 2. The van der Waals surface area contributed by atoms with Crippen molar-refractivity contribution in [3.8, 4) is 5.75 Å². The number of phenols is 1. The van der Waals surface area contributed by atoms with Crippen LogP contribution >= 0.6 is 0 Å². The summed E-state index contributed by atoms with van der Waals surface area (Å²) in [4.78, 5) is 27.6. The van der Waals surface area contributed by atoms with Gasteiger partial charge in [-0.3, -0.25) is 14.5 Å². The van der Waals surface area contributed by atoms with Gasteiger partial charge in [0.1, 0.15) is 17.2 Å². The van der Waals surface area contributed by atoms with Crippen LogP contribution in [-0.2, 0) is 16.0 Å². The fourth-order valence-corrected chi connectivity index (χ4v) is 4.97. The van der Waals surface area contributed by atoms with Gasteiger partial charge in [-0.05, 0) is 44.5 Å². The first-order valence-corrected chi connectivity index (χ1v) is 9.02. The maximum Gasteiger partial charge on any atom is 0.202 e. The minimum absolute atomic E-state index is 0.0565. The molecule has 0 amide bonds. The molecule has 1 aromatic carbocycles. The van der Waals surface area contributed by atoms with Gasteiger partial charge in [-0.2, -0.15) is 0 Å². The molecule has 4 rings (SSSR count). The molecule has 0 spiro atoms. The van der Waals surface area contributed by atoms with E-state index in [1.807, 2.05) is 0 Å². The second-order valence-corrected chi connectivity index (χ2v) is 7.95. The molecule has 0 aliphatic heterocycles. The van der Waals surface area contributed by atoms with Crippen molar-refractivity contribution in [1.29, 1.82) is 0 Å². The van der Waals surface area contributed by atoms with Gasteiger partial charge < -0.3 is 26.2 Å². The van der Waals surface area contributed by atoms with Crippen LogP contribution in [0.1, 0.15) is 17.5 Å². The standard InChI is InChI=1S/C20H22N2O6/c1-22(2)15-10-7-9-6-8-4-3-5-11(23)12(8)16(24)13(9)18(26)20(10,28)19(27)14(21)17(15)25/h3-5,9-10,15,23-24,27-28H,6-7,21H2,1-2H3/t9-,10-,15-,20-/m0/s1. The highest BCUT2D eigenvalue weighted by atomic mass is 16.3. The number of aliphatic hydroxyl groups is 3. The van der Waals surface area contributed by atoms with Crippen LogP contribution in [0.15, 0.2) is 35.2 Å². The number of likely N-dealkylation sites (N-methyl/N-ethyl adjacent to an activating group) is 1. The molecule has 4 atom stereocenters. The van der Waals surface area contributed by atoms with E-state index in [-0.39, 0.29) is 23.3 Å². The number of nitrogens with two attached hydrogens (primary N) is 1. The van der Waals surface area contributed by atoms with Crippen LogP contribution in [0.5, 0.6) is 5.75 Å². The van der Waals surface area contributed by atoms with E-state index in [0.717, 1.165) is 0 Å². The molecule has 1 saturated carbocycles. The van der Waals surface area contributed by atoms with Crippen LogP contribution in [0.25, 0.3) is 5.76 Å². The first-order chi connectivity index (χ1) is 13.1. The van der Waals surface area contributed by atoms with Crippen LogP contribution < -0.4 is 5.73 Å². The van der Waals surface area contributed by atoms with Crippen LogP contribution in [-0.4, -0.2) is 62.6 Å². The molecule has 28 heavy (non-hydrogen) atoms. The Morgan fingerprint density at radius 1 is 1.18 bits per heavy atom. The molecule has 0 bridgehead atoms. The van der Waals surface area contributed by atoms with Crippen LogP contribution in [0.2, 0.25) is 0 Å². The van der Waals surface area contributed by atoms with Gasteiger partial charge in [0.2, 0.25) is 5.78 Å². The topological polar surface area (TPSA) is 144 Å². The van der Waals surface area contributed by atoms with Gasteiger partial charge in [0, 0.05) is 11.5 Å². The molecule has 1 fully saturated rings. The molecular weight excluding hydrogens is 364 g/mol. The van der Waals surface area contributed by atoms with Crippen LogP contribution in [0, 0.1) is 11.8 Å². The summed E-state index contributed by atoms with van der Waals surface area (Å²) < 4.78 is 0. The minimum Gasteiger partial charge on any atom is -0.507 e. The van der Waals surface area contributed by atoms with Crippen molar-refractivity contribution < 1.29 is 30.0 Å². The van der Waals surface area contributed by atoms with Gasteiger partial charge in [-0.25, -0.2) is 0 Å². The van der Waals surface area contributed by atoms with Crippen molar-refractivity contribution in [3.63, 3.8) is 0 Å². The molecule has 6 N–H and O–H groups in total. The highest BCUT2D eigenvalue weighted by Gasteiger charge is 2.63. The summed E-state index contributed by atoms with van der Waals surface area (Å²) in [7, 11) is 3.28. The minimum atomic E-state index is -2.41. The lowest BCUT2D eigenvalue weighted by Gasteiger charge is -2.50. The Balaban J connectivity index is 1.95. The predicted octanol–water partition coefficient (Wildman–Crippen LogP) is 0.395. The summed E-state index contributed by atoms with van der Waals surface area (Å²) in [5, 5.41) is 42.7. The van der Waals surface area contributed by atoms with E-state index in [4.69, 9.17) is 5.73 Å². The average Bonchev–Trinajstić information content (AvgIpc) is 2.63. The smallest absolute Gasteiger partial charge is 0.202 e. The third kappa shape index (κ3) is 2.12. The second-order valence-electron chi connectivity index (χ2n) is 7.95. The van der Waals surface area contributed by atoms with E-state index in [1.165, 1.54) is 6.07 Å². The lowest BCUT2D eigenvalue weighted by molar-refractivity contribution is -0.153. The molecule has 0 aromatic heterocycles. The average molecular weight is 386 g/mol. The third-order valence-electron chi connectivity index (χ3n) is 6.25. The number of rotatable bonds is 1. The highest BCUT2D eigenvalue weighted by Crippen LogP contribution is 2.51. The molecule has 0 radical (unpaired) electrons. The normalized spacial score (nSPS) is 32.4. The maximum absolute atomic E-state index is 13.3. The summed E-state index contributed by atoms with van der Waals surface area (Å²) in [5.74, 6) is -4.27. The molecule has 3 aliphatic rings. The quantitative estimate of drug-likeness (QED) is 0.466. The van der Waals surface area contributed by atoms with Gasteiger partial charge in [-0.1, -0.05) is 12.1 Å². The number of nitrogens with zero attached hydrogens (tertiary/aromatic N) is 1. The number of hydrogen-bond donors (Lipinski definition) is 5. The van der Waals surface area contributed by atoms with Crippen LogP contribution in [0.4, 0.5) is 0 Å². The lowest BCUT2D eigenvalue weighted by atomic mass is 9.58. The molecule has 1 aromatic rings. The largest absolute Gasteiger partial charge is 0.507 e. The highest BCUT2D eigenvalue weighted by molar-refractivity contribution is 6.13. The number of carbonyl (C=O) groups excluding carboxylic acids is 2. The Morgan fingerprint density at radius 3 is 2.50 bits per heavy atom. The number of carbonyl (C=O) groups is 2. The SMILES string of the molecule is CN(C)[C@@H]1C(=O)C(N)=C(O)[C@@]2(O)C(=O)C3=C(O)c4c(O)cccc4C[C@H]3C[C@@H]12. The zero-order valence-electron chi connectivity index (χ0n) is 15.5. The number of fused-ring (bicyclic) bond motifs is 3. The molecule has 0 heterocycles. The number of aliphatic hydroxyl groups excluding tert-OH is 2. The van der Waals surface area contributed by atoms with Gasteiger partial charge in [-0.15, -0.1) is 0 Å². The maximum atomic E-state index is 13.3. The molecule has 8 heteroatoms. The van der Waals surface area contributed by atoms with Gasteiger partial charge >= 0.3 is 0 Å². The Kier molecular flexibility index (Phi) is 3.85. The van der Waals surface area contributed by atoms with Gasteiger partial charge in [0.15, 0.2) is 17.1 Å². The Bertz CT molecular complexity index is 979. The summed E-state index contributed by atoms with van der Waals surface area (Å²) in [6.45, 7) is 0. The fourth-order valence-electron chi connectivity index (χ4n) is 4.97. The Hall–Kier alpha value is -2.84. The number of ketones is 2. The Morgan fingerprint density at radius 2 is 1.86 bits per heavy atom. The van der Waals surface area contributed by atoms with Crippen LogP contribution in [0.3, 0.4) is 0 Å². The van der Waals surface area contributed by atoms with E-state index in [2.05, 4.69) is 0 Å². The van der Waals surface area contributed by atoms with Crippen molar-refractivity contribution in [2.75, 3.05) is 14.1 Å². The molecule has 0 saturated heterocycles. The summed E-state index contributed by atoms with van der Waals surface area (Å²) in [6.07, 6.45) is 0.540. The predicted molar refractivity (Wildman–Crippen MR) is 99.2 cm³/mol. The van der Waals surface area contributed by atoms with E-state index in [0.29, 0.717) is 12.0 Å². The molecule has 8 nitrogen and oxygen atoms in total. The first kappa shape index (κ1) is 18.5. The second kappa shape index (κ2) is 5.83. The lowest BCUT2D eigenvalue weighted by Crippen LogP contribution is -2.65. The molecule has 0 unspecified atom stereocenters. The third-order valence-corrected chi connectivity index (χ3v) is 6.25. The number of hydrogen-bond acceptors (Lipinski definition) is 8. The Labute approximate surface area is 161 Å². The zero-order chi connectivity index (χ0) is 20.5. The van der Waals surface area contributed by atoms with Crippen molar-refractivity contribution in [2.45, 2.75) is 24.5 Å². The van der Waals surface area contributed by atoms with Crippen molar-refractivity contribution in [1.82, 2.24) is 4.90 Å². The van der Waals surface area contributed by atoms with E-state index in [1.54, 1.807) is 31.1 Å². The van der Waals surface area contributed by atoms with Crippen molar-refractivity contribution in [2.24, 2.45) is 17.6 Å². The van der Waals surface area contributed by atoms with Gasteiger partial charge in [0.05, 0.1) is 11.6 Å². The van der Waals surface area contributed by atoms with E-state index < -0.39 is 52.3 Å². The number of phenolic OH excluding ortho intramolecular Hbond substituents is 1. The van der Waals surface area contributed by atoms with Crippen molar-refractivity contribution in [3.05, 3.63) is 46.4 Å². The monoisotopic (exact) mass is 386 g/mol. The zero-order valence-corrected chi connectivity index (χ0v) is 15.5. The summed E-state index contributed by atoms with van der Waals surface area (Å²) in [5.41, 5.74) is 3.54. The fraction of sp³-hybridized carbons (Fsp3) is 0.400. The van der Waals surface area contributed by atoms with E-state index in [9.17, 15) is 30.0 Å². The number of aromatic hydroxyl groups is 1. The van der Waals surface area contributed by atoms with E-state index >= 15 is 0 Å². The summed E-state index contributed by atoms with van der Waals surface area (Å²) in [6, 6.07) is 3.91.